The zero-order valence-corrected chi connectivity index (χ0v) is 18.8. The van der Waals surface area contributed by atoms with E-state index in [0.29, 0.717) is 17.6 Å². The van der Waals surface area contributed by atoms with Crippen molar-refractivity contribution in [1.82, 2.24) is 4.90 Å². The maximum absolute atomic E-state index is 13.4. The van der Waals surface area contributed by atoms with Crippen molar-refractivity contribution in [3.05, 3.63) is 102 Å². The monoisotopic (exact) mass is 455 g/mol. The van der Waals surface area contributed by atoms with Gasteiger partial charge in [0.25, 0.3) is 11.8 Å². The smallest absolute Gasteiger partial charge is 0.278 e. The molecule has 3 aromatic rings. The Bertz CT molecular complexity index is 1210. The lowest BCUT2D eigenvalue weighted by Crippen LogP contribution is -2.34. The molecule has 0 saturated carbocycles. The summed E-state index contributed by atoms with van der Waals surface area (Å²) in [6, 6.07) is 23.3. The first-order chi connectivity index (χ1) is 16.6. The number of carbonyl (C=O) groups is 2. The molecule has 0 atom stereocenters. The average Bonchev–Trinajstić information content (AvgIpc) is 3.48. The first-order valence-electron chi connectivity index (χ1n) is 11.6. The van der Waals surface area contributed by atoms with Crippen LogP contribution in [0, 0.1) is 5.82 Å². The number of halogens is 1. The molecule has 1 fully saturated rings. The van der Waals surface area contributed by atoms with Gasteiger partial charge in [0, 0.05) is 31.0 Å². The lowest BCUT2D eigenvalue weighted by molar-refractivity contribution is -0.136. The number of anilines is 2. The first-order valence-corrected chi connectivity index (χ1v) is 11.6. The number of hydrogen-bond donors (Lipinski definition) is 1. The van der Waals surface area contributed by atoms with Gasteiger partial charge >= 0.3 is 0 Å². The molecule has 2 aliphatic heterocycles. The van der Waals surface area contributed by atoms with Crippen LogP contribution < -0.4 is 10.2 Å². The van der Waals surface area contributed by atoms with Crippen molar-refractivity contribution in [1.29, 1.82) is 0 Å². The van der Waals surface area contributed by atoms with Crippen molar-refractivity contribution < 1.29 is 14.0 Å². The summed E-state index contributed by atoms with van der Waals surface area (Å²) in [4.78, 5) is 30.4. The molecule has 5 rings (SSSR count). The number of nitrogens with zero attached hydrogens (tertiary/aromatic N) is 2. The van der Waals surface area contributed by atoms with Crippen molar-refractivity contribution in [3.8, 4) is 0 Å². The van der Waals surface area contributed by atoms with Crippen LogP contribution in [0.5, 0.6) is 0 Å². The number of amides is 2. The minimum absolute atomic E-state index is 0.221. The molecule has 6 heteroatoms. The Hall–Kier alpha value is -3.93. The van der Waals surface area contributed by atoms with Crippen LogP contribution in [0.4, 0.5) is 15.8 Å². The fraction of sp³-hybridized carbons (Fsp3) is 0.214. The summed E-state index contributed by atoms with van der Waals surface area (Å²) >= 11 is 0. The fourth-order valence-corrected chi connectivity index (χ4v) is 4.53. The lowest BCUT2D eigenvalue weighted by Gasteiger charge is -2.18. The Morgan fingerprint density at radius 1 is 0.794 bits per heavy atom. The summed E-state index contributed by atoms with van der Waals surface area (Å²) in [5.41, 5.74) is 4.13. The Kier molecular flexibility index (Phi) is 6.12. The normalized spacial score (nSPS) is 16.0. The van der Waals surface area contributed by atoms with E-state index >= 15 is 0 Å². The van der Waals surface area contributed by atoms with E-state index in [2.05, 4.69) is 10.2 Å². The molecule has 34 heavy (non-hydrogen) atoms. The van der Waals surface area contributed by atoms with Crippen LogP contribution in [0.25, 0.3) is 5.57 Å². The highest BCUT2D eigenvalue weighted by molar-refractivity contribution is 6.36. The van der Waals surface area contributed by atoms with Crippen LogP contribution >= 0.6 is 0 Å². The third-order valence-corrected chi connectivity index (χ3v) is 6.38. The Morgan fingerprint density at radius 3 is 2.15 bits per heavy atom. The predicted octanol–water partition coefficient (Wildman–Crippen LogP) is 4.86. The predicted molar refractivity (Wildman–Crippen MR) is 132 cm³/mol. The molecule has 2 heterocycles. The molecule has 0 radical (unpaired) electrons. The van der Waals surface area contributed by atoms with Crippen LogP contribution in [0.3, 0.4) is 0 Å². The highest BCUT2D eigenvalue weighted by Crippen LogP contribution is 2.31. The topological polar surface area (TPSA) is 52.7 Å². The van der Waals surface area contributed by atoms with Gasteiger partial charge in [-0.2, -0.15) is 0 Å². The molecular weight excluding hydrogens is 429 g/mol. The minimum atomic E-state index is -0.352. The highest BCUT2D eigenvalue weighted by Gasteiger charge is 2.38. The summed E-state index contributed by atoms with van der Waals surface area (Å²) in [5, 5.41) is 3.22. The molecule has 0 bridgehead atoms. The van der Waals surface area contributed by atoms with Gasteiger partial charge in [0.05, 0.1) is 5.57 Å². The molecule has 2 aliphatic rings. The molecule has 172 valence electrons. The van der Waals surface area contributed by atoms with Gasteiger partial charge in [-0.3, -0.25) is 14.5 Å². The molecule has 0 unspecified atom stereocenters. The quantitative estimate of drug-likeness (QED) is 0.517. The van der Waals surface area contributed by atoms with E-state index in [1.807, 2.05) is 54.6 Å². The second-order valence-corrected chi connectivity index (χ2v) is 8.62. The van der Waals surface area contributed by atoms with Crippen molar-refractivity contribution in [2.24, 2.45) is 0 Å². The fourth-order valence-electron chi connectivity index (χ4n) is 4.53. The molecule has 0 aromatic heterocycles. The van der Waals surface area contributed by atoms with Gasteiger partial charge in [0.1, 0.15) is 11.5 Å². The van der Waals surface area contributed by atoms with Gasteiger partial charge in [0.2, 0.25) is 0 Å². The summed E-state index contributed by atoms with van der Waals surface area (Å²) < 4.78 is 13.2. The Morgan fingerprint density at radius 2 is 1.47 bits per heavy atom. The average molecular weight is 456 g/mol. The zero-order chi connectivity index (χ0) is 23.5. The molecule has 2 amide bonds. The van der Waals surface area contributed by atoms with E-state index in [1.54, 1.807) is 12.1 Å². The number of nitrogens with one attached hydrogen (secondary N) is 1. The van der Waals surface area contributed by atoms with Crippen molar-refractivity contribution in [3.63, 3.8) is 0 Å². The molecule has 5 nitrogen and oxygen atoms in total. The van der Waals surface area contributed by atoms with Gasteiger partial charge in [-0.1, -0.05) is 42.5 Å². The molecule has 0 aliphatic carbocycles. The maximum Gasteiger partial charge on any atom is 0.278 e. The van der Waals surface area contributed by atoms with Crippen molar-refractivity contribution in [2.75, 3.05) is 29.9 Å². The van der Waals surface area contributed by atoms with E-state index < -0.39 is 0 Å². The number of rotatable bonds is 7. The Labute approximate surface area is 198 Å². The van der Waals surface area contributed by atoms with Crippen LogP contribution in [0.2, 0.25) is 0 Å². The van der Waals surface area contributed by atoms with Gasteiger partial charge < -0.3 is 10.2 Å². The van der Waals surface area contributed by atoms with Crippen molar-refractivity contribution in [2.45, 2.75) is 19.3 Å². The van der Waals surface area contributed by atoms with Gasteiger partial charge in [-0.25, -0.2) is 4.39 Å². The largest absolute Gasteiger partial charge is 0.372 e. The third kappa shape index (κ3) is 4.44. The van der Waals surface area contributed by atoms with Gasteiger partial charge in [-0.05, 0) is 66.8 Å². The summed E-state index contributed by atoms with van der Waals surface area (Å²) in [5.74, 6) is -0.989. The van der Waals surface area contributed by atoms with Crippen LogP contribution in [-0.4, -0.2) is 36.3 Å². The van der Waals surface area contributed by atoms with E-state index in [-0.39, 0.29) is 29.9 Å². The molecule has 0 spiro atoms. The summed E-state index contributed by atoms with van der Waals surface area (Å²) in [7, 11) is 0. The standard InChI is InChI=1S/C28H26FN3O2/c29-22-10-8-20(9-11-22)16-19-32-27(33)25(21-6-2-1-3-7-21)26(28(32)34)30-23-12-14-24(15-13-23)31-17-4-5-18-31/h1-3,6-15,30H,4-5,16-19H2. The SMILES string of the molecule is O=C1C(Nc2ccc(N3CCCC3)cc2)=C(c2ccccc2)C(=O)N1CCc1ccc(F)cc1. The number of carbonyl (C=O) groups excluding carboxylic acids is 2. The van der Waals surface area contributed by atoms with Gasteiger partial charge in [0.15, 0.2) is 0 Å². The number of benzene rings is 3. The van der Waals surface area contributed by atoms with Crippen LogP contribution in [0.1, 0.15) is 24.0 Å². The first kappa shape index (κ1) is 21.9. The van der Waals surface area contributed by atoms with E-state index in [9.17, 15) is 14.0 Å². The van der Waals surface area contributed by atoms with Crippen molar-refractivity contribution >= 4 is 28.8 Å². The van der Waals surface area contributed by atoms with E-state index in [1.165, 1.54) is 29.9 Å². The highest BCUT2D eigenvalue weighted by atomic mass is 19.1. The second kappa shape index (κ2) is 9.51. The minimum Gasteiger partial charge on any atom is -0.372 e. The molecule has 1 N–H and O–H groups in total. The van der Waals surface area contributed by atoms with Gasteiger partial charge in [-0.15, -0.1) is 0 Å². The molecular formula is C28H26FN3O2. The Balaban J connectivity index is 1.39. The molecule has 1 saturated heterocycles. The number of imide groups is 1. The van der Waals surface area contributed by atoms with E-state index in [0.717, 1.165) is 30.0 Å². The lowest BCUT2D eigenvalue weighted by atomic mass is 10.0. The van der Waals surface area contributed by atoms with E-state index in [4.69, 9.17) is 0 Å². The summed E-state index contributed by atoms with van der Waals surface area (Å²) in [6.07, 6.45) is 2.87. The summed E-state index contributed by atoms with van der Waals surface area (Å²) in [6.45, 7) is 2.34. The third-order valence-electron chi connectivity index (χ3n) is 6.38. The van der Waals surface area contributed by atoms with Crippen LogP contribution in [0.15, 0.2) is 84.6 Å². The molecule has 3 aromatic carbocycles. The number of hydrogen-bond acceptors (Lipinski definition) is 4. The maximum atomic E-state index is 13.4. The zero-order valence-electron chi connectivity index (χ0n) is 18.8. The van der Waals surface area contributed by atoms with Crippen LogP contribution in [-0.2, 0) is 16.0 Å². The second-order valence-electron chi connectivity index (χ2n) is 8.62.